The van der Waals surface area contributed by atoms with Crippen molar-refractivity contribution in [2.75, 3.05) is 14.2 Å². The van der Waals surface area contributed by atoms with Crippen LogP contribution < -0.4 is 19.5 Å². The molecule has 0 aliphatic heterocycles. The van der Waals surface area contributed by atoms with Gasteiger partial charge in [0.2, 0.25) is 0 Å². The maximum absolute atomic E-state index is 12.3. The number of rotatable bonds is 9. The van der Waals surface area contributed by atoms with Gasteiger partial charge in [0.25, 0.3) is 5.91 Å². The molecule has 7 heteroatoms. The molecule has 3 aromatic carbocycles. The number of carbonyl (C=O) groups is 2. The van der Waals surface area contributed by atoms with Crippen LogP contribution in [-0.4, -0.2) is 31.2 Å². The summed E-state index contributed by atoms with van der Waals surface area (Å²) in [5.74, 6) is 0.216. The normalized spacial score (nSPS) is 10.9. The molecule has 0 fully saturated rings. The Balaban J connectivity index is 1.68. The van der Waals surface area contributed by atoms with E-state index in [2.05, 4.69) is 5.32 Å². The van der Waals surface area contributed by atoms with Crippen LogP contribution in [0.25, 0.3) is 6.08 Å². The van der Waals surface area contributed by atoms with Crippen molar-refractivity contribution in [3.8, 4) is 17.2 Å². The Hall–Kier alpha value is -4.26. The summed E-state index contributed by atoms with van der Waals surface area (Å²) in [6, 6.07) is 20.8. The Morgan fingerprint density at radius 1 is 0.875 bits per heavy atom. The third-order valence-corrected chi connectivity index (χ3v) is 4.52. The Morgan fingerprint density at radius 2 is 1.50 bits per heavy atom. The van der Waals surface area contributed by atoms with Crippen molar-refractivity contribution in [2.45, 2.75) is 6.61 Å². The first-order valence-electron chi connectivity index (χ1n) is 9.74. The average molecular weight is 433 g/mol. The van der Waals surface area contributed by atoms with Crippen LogP contribution in [0.15, 0.2) is 78.5 Å². The second-order valence-corrected chi connectivity index (χ2v) is 6.76. The van der Waals surface area contributed by atoms with Crippen molar-refractivity contribution >= 4 is 18.0 Å². The number of hydrogen-bond donors (Lipinski definition) is 2. The lowest BCUT2D eigenvalue weighted by atomic mass is 10.1. The van der Waals surface area contributed by atoms with E-state index in [1.165, 1.54) is 6.08 Å². The molecule has 7 nitrogen and oxygen atoms in total. The molecular formula is C25H23NO6. The maximum atomic E-state index is 12.3. The molecule has 0 saturated carbocycles. The van der Waals surface area contributed by atoms with Crippen molar-refractivity contribution in [3.05, 3.63) is 95.2 Å². The molecule has 0 aliphatic rings. The Bertz CT molecular complexity index is 1080. The molecule has 0 spiro atoms. The molecule has 3 aromatic rings. The fourth-order valence-electron chi connectivity index (χ4n) is 2.88. The molecule has 0 aliphatic carbocycles. The van der Waals surface area contributed by atoms with Gasteiger partial charge in [0.1, 0.15) is 29.6 Å². The van der Waals surface area contributed by atoms with Crippen molar-refractivity contribution < 1.29 is 28.9 Å². The van der Waals surface area contributed by atoms with Gasteiger partial charge in [-0.2, -0.15) is 0 Å². The van der Waals surface area contributed by atoms with Gasteiger partial charge in [0.05, 0.1) is 14.2 Å². The molecule has 32 heavy (non-hydrogen) atoms. The van der Waals surface area contributed by atoms with Crippen molar-refractivity contribution in [1.29, 1.82) is 0 Å². The van der Waals surface area contributed by atoms with Crippen LogP contribution in [0, 0.1) is 0 Å². The largest absolute Gasteiger partial charge is 0.497 e. The van der Waals surface area contributed by atoms with Gasteiger partial charge in [-0.3, -0.25) is 4.79 Å². The second-order valence-electron chi connectivity index (χ2n) is 6.76. The van der Waals surface area contributed by atoms with Crippen molar-refractivity contribution in [3.63, 3.8) is 0 Å². The Kier molecular flexibility index (Phi) is 7.48. The lowest BCUT2D eigenvalue weighted by molar-refractivity contribution is -0.132. The minimum atomic E-state index is -1.23. The zero-order valence-corrected chi connectivity index (χ0v) is 17.7. The first-order valence-corrected chi connectivity index (χ1v) is 9.74. The zero-order valence-electron chi connectivity index (χ0n) is 17.7. The van der Waals surface area contributed by atoms with Crippen LogP contribution in [0.1, 0.15) is 21.5 Å². The van der Waals surface area contributed by atoms with E-state index in [-0.39, 0.29) is 5.70 Å². The van der Waals surface area contributed by atoms with Crippen LogP contribution in [0.3, 0.4) is 0 Å². The third-order valence-electron chi connectivity index (χ3n) is 4.52. The maximum Gasteiger partial charge on any atom is 0.352 e. The molecule has 0 saturated heterocycles. The molecule has 0 aromatic heterocycles. The van der Waals surface area contributed by atoms with Gasteiger partial charge < -0.3 is 24.6 Å². The van der Waals surface area contributed by atoms with E-state index < -0.39 is 11.9 Å². The molecule has 0 bridgehead atoms. The first kappa shape index (κ1) is 22.4. The van der Waals surface area contributed by atoms with E-state index in [1.54, 1.807) is 74.9 Å². The van der Waals surface area contributed by atoms with E-state index in [4.69, 9.17) is 14.2 Å². The molecule has 1 amide bonds. The van der Waals surface area contributed by atoms with E-state index in [9.17, 15) is 14.7 Å². The highest BCUT2D eigenvalue weighted by Gasteiger charge is 2.13. The SMILES string of the molecule is COc1cc(COc2ccc(C=C(NC(=O)c3ccccc3)C(=O)O)cc2)cc(OC)c1. The van der Waals surface area contributed by atoms with Gasteiger partial charge in [-0.1, -0.05) is 30.3 Å². The summed E-state index contributed by atoms with van der Waals surface area (Å²) in [6.07, 6.45) is 1.39. The number of amides is 1. The van der Waals surface area contributed by atoms with E-state index >= 15 is 0 Å². The zero-order chi connectivity index (χ0) is 22.9. The van der Waals surface area contributed by atoms with Gasteiger partial charge in [-0.15, -0.1) is 0 Å². The number of hydrogen-bond acceptors (Lipinski definition) is 5. The molecule has 0 heterocycles. The molecular weight excluding hydrogens is 410 g/mol. The molecule has 0 unspecified atom stereocenters. The van der Waals surface area contributed by atoms with Crippen molar-refractivity contribution in [2.24, 2.45) is 0 Å². The fraction of sp³-hybridized carbons (Fsp3) is 0.120. The predicted molar refractivity (Wildman–Crippen MR) is 120 cm³/mol. The van der Waals surface area contributed by atoms with E-state index in [0.29, 0.717) is 35.0 Å². The topological polar surface area (TPSA) is 94.1 Å². The Labute approximate surface area is 185 Å². The summed E-state index contributed by atoms with van der Waals surface area (Å²) in [5.41, 5.74) is 1.63. The summed E-state index contributed by atoms with van der Waals surface area (Å²) in [4.78, 5) is 23.8. The fourth-order valence-corrected chi connectivity index (χ4v) is 2.88. The number of nitrogens with one attached hydrogen (secondary N) is 1. The smallest absolute Gasteiger partial charge is 0.352 e. The van der Waals surface area contributed by atoms with E-state index in [0.717, 1.165) is 5.56 Å². The quantitative estimate of drug-likeness (QED) is 0.493. The van der Waals surface area contributed by atoms with Gasteiger partial charge >= 0.3 is 5.97 Å². The molecule has 164 valence electrons. The highest BCUT2D eigenvalue weighted by atomic mass is 16.5. The van der Waals surface area contributed by atoms with Crippen molar-refractivity contribution in [1.82, 2.24) is 5.32 Å². The second kappa shape index (κ2) is 10.7. The molecule has 2 N–H and O–H groups in total. The minimum absolute atomic E-state index is 0.226. The number of carbonyl (C=O) groups excluding carboxylic acids is 1. The summed E-state index contributed by atoms with van der Waals surface area (Å²) in [5, 5.41) is 11.9. The highest BCUT2D eigenvalue weighted by Crippen LogP contribution is 2.24. The standard InChI is InChI=1S/C25H23NO6/c1-30-21-12-18(13-22(15-21)31-2)16-32-20-10-8-17(9-11-20)14-23(25(28)29)26-24(27)19-6-4-3-5-7-19/h3-15H,16H2,1-2H3,(H,26,27)(H,28,29). The van der Waals surface area contributed by atoms with Gasteiger partial charge in [-0.05, 0) is 53.6 Å². The number of methoxy groups -OCH3 is 2. The van der Waals surface area contributed by atoms with Crippen LogP contribution in [0.2, 0.25) is 0 Å². The Morgan fingerprint density at radius 3 is 2.06 bits per heavy atom. The monoisotopic (exact) mass is 433 g/mol. The van der Waals surface area contributed by atoms with E-state index in [1.807, 2.05) is 12.1 Å². The third kappa shape index (κ3) is 6.12. The minimum Gasteiger partial charge on any atom is -0.497 e. The lowest BCUT2D eigenvalue weighted by Gasteiger charge is -2.10. The number of carboxylic acid groups (broad SMARTS) is 1. The van der Waals surface area contributed by atoms with Crippen LogP contribution in [0.5, 0.6) is 17.2 Å². The number of carboxylic acids is 1. The van der Waals surface area contributed by atoms with Gasteiger partial charge in [0, 0.05) is 11.6 Å². The summed E-state index contributed by atoms with van der Waals surface area (Å²) in [6.45, 7) is 0.302. The number of ether oxygens (including phenoxy) is 3. The first-order chi connectivity index (χ1) is 15.5. The summed E-state index contributed by atoms with van der Waals surface area (Å²) >= 11 is 0. The highest BCUT2D eigenvalue weighted by molar-refractivity contribution is 6.02. The number of aliphatic carboxylic acids is 1. The van der Waals surface area contributed by atoms with Gasteiger partial charge in [-0.25, -0.2) is 4.79 Å². The van der Waals surface area contributed by atoms with Crippen LogP contribution >= 0.6 is 0 Å². The molecule has 3 rings (SSSR count). The molecule has 0 atom stereocenters. The van der Waals surface area contributed by atoms with Gasteiger partial charge in [0.15, 0.2) is 0 Å². The molecule has 0 radical (unpaired) electrons. The average Bonchev–Trinajstić information content (AvgIpc) is 2.83. The summed E-state index contributed by atoms with van der Waals surface area (Å²) in [7, 11) is 3.17. The lowest BCUT2D eigenvalue weighted by Crippen LogP contribution is -2.27. The predicted octanol–water partition coefficient (Wildman–Crippen LogP) is 4.14. The number of benzene rings is 3. The summed E-state index contributed by atoms with van der Waals surface area (Å²) < 4.78 is 16.3. The van der Waals surface area contributed by atoms with Crippen LogP contribution in [-0.2, 0) is 11.4 Å². The van der Waals surface area contributed by atoms with Crippen LogP contribution in [0.4, 0.5) is 0 Å².